The summed E-state index contributed by atoms with van der Waals surface area (Å²) in [5, 5.41) is 11.2. The summed E-state index contributed by atoms with van der Waals surface area (Å²) in [6, 6.07) is 29.3. The lowest BCUT2D eigenvalue weighted by Gasteiger charge is -2.12. The molecule has 6 heteroatoms. The van der Waals surface area contributed by atoms with E-state index in [1.807, 2.05) is 63.5 Å². The minimum Gasteiger partial charge on any atom is -0.366 e. The Bertz CT molecular complexity index is 1410. The van der Waals surface area contributed by atoms with Gasteiger partial charge in [-0.3, -0.25) is 0 Å². The van der Waals surface area contributed by atoms with Crippen LogP contribution in [-0.4, -0.2) is 28.4 Å². The van der Waals surface area contributed by atoms with E-state index in [-0.39, 0.29) is 0 Å². The van der Waals surface area contributed by atoms with Crippen molar-refractivity contribution < 1.29 is 4.79 Å². The first-order valence-electron chi connectivity index (χ1n) is 13.7. The van der Waals surface area contributed by atoms with Gasteiger partial charge < -0.3 is 15.4 Å². The smallest absolute Gasteiger partial charge is 0.160 e. The third-order valence-corrected chi connectivity index (χ3v) is 5.89. The largest absolute Gasteiger partial charge is 0.366 e. The standard InChI is InChI=1S/C23H25N5.C7H8.C2H6.C2H4.CH2O/c1-16-6-4-5-7-20(16)21-12-22(28-23(27-21)17(2)13-26-28)25-15-19-10-8-18(9-11-19)14-24-3;1-7-5-3-2-4-6-7;3*1-2/h4-13,24-25H,14-15H2,1-3H3;2-6H,1H3;1-2H3;1-2H2;1H2. The maximum atomic E-state index is 8.00. The molecule has 0 saturated heterocycles. The van der Waals surface area contributed by atoms with Gasteiger partial charge in [-0.2, -0.15) is 9.61 Å². The molecule has 0 aliphatic heterocycles. The maximum absolute atomic E-state index is 8.00. The van der Waals surface area contributed by atoms with E-state index in [1.165, 1.54) is 22.3 Å². The topological polar surface area (TPSA) is 71.3 Å². The highest BCUT2D eigenvalue weighted by molar-refractivity contribution is 5.70. The van der Waals surface area contributed by atoms with Crippen LogP contribution in [0, 0.1) is 20.8 Å². The van der Waals surface area contributed by atoms with E-state index in [0.29, 0.717) is 0 Å². The first-order valence-corrected chi connectivity index (χ1v) is 13.7. The molecule has 0 saturated carbocycles. The first kappa shape index (κ1) is 34.5. The molecule has 2 N–H and O–H groups in total. The van der Waals surface area contributed by atoms with Gasteiger partial charge in [0.1, 0.15) is 12.6 Å². The molecule has 41 heavy (non-hydrogen) atoms. The second-order valence-electron chi connectivity index (χ2n) is 8.76. The van der Waals surface area contributed by atoms with Crippen molar-refractivity contribution in [2.45, 2.75) is 47.7 Å². The Morgan fingerprint density at radius 3 is 1.85 bits per heavy atom. The number of hydrogen-bond acceptors (Lipinski definition) is 5. The molecule has 0 fully saturated rings. The number of carbonyl (C=O) groups excluding carboxylic acids is 1. The summed E-state index contributed by atoms with van der Waals surface area (Å²) < 4.78 is 1.88. The van der Waals surface area contributed by atoms with Crippen LogP contribution >= 0.6 is 0 Å². The van der Waals surface area contributed by atoms with E-state index in [2.05, 4.69) is 109 Å². The van der Waals surface area contributed by atoms with Crippen molar-refractivity contribution in [1.29, 1.82) is 0 Å². The van der Waals surface area contributed by atoms with Crippen molar-refractivity contribution in [1.82, 2.24) is 19.9 Å². The normalized spacial score (nSPS) is 9.41. The number of fused-ring (bicyclic) bond motifs is 1. The molecular formula is C35H45N5O. The minimum atomic E-state index is 0.727. The van der Waals surface area contributed by atoms with Crippen LogP contribution in [0.5, 0.6) is 0 Å². The fourth-order valence-corrected chi connectivity index (χ4v) is 3.90. The third kappa shape index (κ3) is 10.5. The fraction of sp³-hybridized carbons (Fsp3) is 0.229. The zero-order valence-corrected chi connectivity index (χ0v) is 25.4. The summed E-state index contributed by atoms with van der Waals surface area (Å²) in [7, 11) is 1.96. The van der Waals surface area contributed by atoms with Gasteiger partial charge in [0.2, 0.25) is 0 Å². The van der Waals surface area contributed by atoms with Gasteiger partial charge in [-0.15, -0.1) is 13.2 Å². The van der Waals surface area contributed by atoms with Crippen LogP contribution in [0.15, 0.2) is 104 Å². The molecule has 3 aromatic carbocycles. The molecule has 216 valence electrons. The van der Waals surface area contributed by atoms with Crippen LogP contribution in [0.3, 0.4) is 0 Å². The second kappa shape index (κ2) is 19.5. The van der Waals surface area contributed by atoms with E-state index in [1.54, 1.807) is 0 Å². The maximum Gasteiger partial charge on any atom is 0.160 e. The van der Waals surface area contributed by atoms with E-state index in [9.17, 15) is 0 Å². The molecule has 6 nitrogen and oxygen atoms in total. The van der Waals surface area contributed by atoms with Crippen LogP contribution < -0.4 is 10.6 Å². The number of rotatable bonds is 6. The summed E-state index contributed by atoms with van der Waals surface area (Å²) in [5.74, 6) is 0.940. The number of aryl methyl sites for hydroxylation is 3. The van der Waals surface area contributed by atoms with Crippen molar-refractivity contribution in [3.63, 3.8) is 0 Å². The van der Waals surface area contributed by atoms with Gasteiger partial charge in [0, 0.05) is 30.3 Å². The summed E-state index contributed by atoms with van der Waals surface area (Å²) in [6.07, 6.45) is 1.86. The molecule has 5 rings (SSSR count). The Hall–Kier alpha value is -4.55. The summed E-state index contributed by atoms with van der Waals surface area (Å²) >= 11 is 0. The third-order valence-electron chi connectivity index (χ3n) is 5.89. The van der Waals surface area contributed by atoms with Gasteiger partial charge in [-0.05, 0) is 44.5 Å². The van der Waals surface area contributed by atoms with Crippen molar-refractivity contribution >= 4 is 18.3 Å². The lowest BCUT2D eigenvalue weighted by Crippen LogP contribution is -2.08. The molecule has 2 aromatic heterocycles. The summed E-state index contributed by atoms with van der Waals surface area (Å²) in [5.41, 5.74) is 9.09. The molecule has 0 aliphatic carbocycles. The Morgan fingerprint density at radius 1 is 0.756 bits per heavy atom. The molecule has 2 heterocycles. The van der Waals surface area contributed by atoms with Crippen molar-refractivity contribution in [3.8, 4) is 11.3 Å². The Balaban J connectivity index is 0.000000547. The SMILES string of the molecule is C=C.C=O.CC.CNCc1ccc(CNc2cc(-c3ccccc3C)nc3c(C)cnn23)cc1.Cc1ccccc1. The number of benzene rings is 3. The molecule has 0 spiro atoms. The van der Waals surface area contributed by atoms with Gasteiger partial charge in [0.25, 0.3) is 0 Å². The zero-order chi connectivity index (χ0) is 30.6. The first-order chi connectivity index (χ1) is 20.0. The molecule has 0 amide bonds. The molecular weight excluding hydrogens is 506 g/mol. The predicted molar refractivity (Wildman–Crippen MR) is 175 cm³/mol. The fourth-order valence-electron chi connectivity index (χ4n) is 3.90. The molecule has 0 atom stereocenters. The van der Waals surface area contributed by atoms with Crippen LogP contribution in [0.25, 0.3) is 16.9 Å². The lowest BCUT2D eigenvalue weighted by atomic mass is 10.1. The van der Waals surface area contributed by atoms with Gasteiger partial charge in [0.05, 0.1) is 11.9 Å². The number of anilines is 1. The van der Waals surface area contributed by atoms with Gasteiger partial charge in [-0.1, -0.05) is 98.3 Å². The van der Waals surface area contributed by atoms with Gasteiger partial charge in [-0.25, -0.2) is 4.98 Å². The van der Waals surface area contributed by atoms with Crippen LogP contribution in [0.4, 0.5) is 5.82 Å². The number of nitrogens with one attached hydrogen (secondary N) is 2. The zero-order valence-electron chi connectivity index (χ0n) is 25.4. The van der Waals surface area contributed by atoms with Crippen molar-refractivity contribution in [2.24, 2.45) is 0 Å². The highest BCUT2D eigenvalue weighted by Crippen LogP contribution is 2.26. The van der Waals surface area contributed by atoms with E-state index < -0.39 is 0 Å². The van der Waals surface area contributed by atoms with Gasteiger partial charge in [0.15, 0.2) is 5.65 Å². The molecule has 0 bridgehead atoms. The van der Waals surface area contributed by atoms with Gasteiger partial charge >= 0.3 is 0 Å². The van der Waals surface area contributed by atoms with E-state index >= 15 is 0 Å². The summed E-state index contributed by atoms with van der Waals surface area (Å²) in [6.45, 7) is 19.8. The predicted octanol–water partition coefficient (Wildman–Crippen LogP) is 7.98. The number of hydrogen-bond donors (Lipinski definition) is 2. The Labute approximate surface area is 246 Å². The number of aromatic nitrogens is 3. The molecule has 0 unspecified atom stereocenters. The molecule has 5 aromatic rings. The van der Waals surface area contributed by atoms with E-state index in [0.717, 1.165) is 41.4 Å². The average Bonchev–Trinajstić information content (AvgIpc) is 3.41. The summed E-state index contributed by atoms with van der Waals surface area (Å²) in [4.78, 5) is 12.9. The Kier molecular flexibility index (Phi) is 16.4. The van der Waals surface area contributed by atoms with Crippen LogP contribution in [0.1, 0.15) is 41.7 Å². The number of carbonyl (C=O) groups is 1. The highest BCUT2D eigenvalue weighted by Gasteiger charge is 2.12. The average molecular weight is 552 g/mol. The van der Waals surface area contributed by atoms with Crippen molar-refractivity contribution in [3.05, 3.63) is 132 Å². The van der Waals surface area contributed by atoms with E-state index in [4.69, 9.17) is 9.78 Å². The molecule has 0 aliphatic rings. The molecule has 0 radical (unpaired) electrons. The minimum absolute atomic E-state index is 0.727. The Morgan fingerprint density at radius 2 is 1.32 bits per heavy atom. The quantitative estimate of drug-likeness (QED) is 0.209. The second-order valence-corrected chi connectivity index (χ2v) is 8.76. The van der Waals surface area contributed by atoms with Crippen molar-refractivity contribution in [2.75, 3.05) is 12.4 Å². The van der Waals surface area contributed by atoms with Crippen LogP contribution in [0.2, 0.25) is 0 Å². The highest BCUT2D eigenvalue weighted by atomic mass is 16.1. The number of nitrogens with zero attached hydrogens (tertiary/aromatic N) is 3. The monoisotopic (exact) mass is 551 g/mol. The van der Waals surface area contributed by atoms with Crippen LogP contribution in [-0.2, 0) is 17.9 Å². The lowest BCUT2D eigenvalue weighted by molar-refractivity contribution is -0.0980.